The van der Waals surface area contributed by atoms with E-state index < -0.39 is 32.9 Å². The number of hydrogen-bond donors (Lipinski definition) is 1. The Balaban J connectivity index is 1.83. The number of aliphatic hydroxyl groups is 1. The number of amides is 2. The molecule has 0 aromatic carbocycles. The molecule has 8 heteroatoms. The van der Waals surface area contributed by atoms with E-state index in [1.807, 2.05) is 36.1 Å². The number of likely N-dealkylation sites (tertiary alicyclic amines) is 1. The minimum absolute atomic E-state index is 0.0116. The molecule has 2 amide bonds. The quantitative estimate of drug-likeness (QED) is 0.457. The largest absolute Gasteiger partial charge is 0.465 e. The number of thioether (sulfide) groups is 1. The lowest BCUT2D eigenvalue weighted by molar-refractivity contribution is -0.154. The maximum Gasteiger partial charge on any atom is 0.311 e. The van der Waals surface area contributed by atoms with Crippen LogP contribution in [-0.2, 0) is 19.1 Å². The molecular weight excluding hydrogens is 464 g/mol. The van der Waals surface area contributed by atoms with Crippen molar-refractivity contribution in [1.29, 1.82) is 0 Å². The van der Waals surface area contributed by atoms with Crippen LogP contribution in [0.5, 0.6) is 0 Å². The zero-order valence-electron chi connectivity index (χ0n) is 21.9. The monoisotopic (exact) mass is 504 g/mol. The molecule has 35 heavy (non-hydrogen) atoms. The molecule has 2 fully saturated rings. The highest BCUT2D eigenvalue weighted by atomic mass is 32.2. The van der Waals surface area contributed by atoms with Gasteiger partial charge in [0.05, 0.1) is 23.2 Å². The van der Waals surface area contributed by atoms with Crippen LogP contribution in [0.25, 0.3) is 0 Å². The summed E-state index contributed by atoms with van der Waals surface area (Å²) in [6.07, 6.45) is 9.93. The van der Waals surface area contributed by atoms with Gasteiger partial charge < -0.3 is 19.6 Å². The molecule has 0 aromatic rings. The summed E-state index contributed by atoms with van der Waals surface area (Å²) < 4.78 is 4.04. The maximum atomic E-state index is 14.4. The SMILES string of the molecule is CC(C)(C)CC(C)(C)N1CC=C[C@]23S[C@@]4(C)C=CCCOC(=O)[C@H]4[C@H]2C(=O)N(CCCO)C3C1=O. The summed E-state index contributed by atoms with van der Waals surface area (Å²) in [5.41, 5.74) is -0.416. The normalized spacial score (nSPS) is 35.3. The molecule has 1 N–H and O–H groups in total. The molecular formula is C27H40N2O5S. The van der Waals surface area contributed by atoms with Crippen LogP contribution in [0.2, 0.25) is 0 Å². The molecule has 0 bridgehead atoms. The molecule has 4 aliphatic heterocycles. The van der Waals surface area contributed by atoms with E-state index in [4.69, 9.17) is 4.74 Å². The Morgan fingerprint density at radius 3 is 2.46 bits per heavy atom. The first kappa shape index (κ1) is 26.3. The van der Waals surface area contributed by atoms with E-state index in [9.17, 15) is 19.5 Å². The fourth-order valence-corrected chi connectivity index (χ4v) is 9.06. The third kappa shape index (κ3) is 4.35. The van der Waals surface area contributed by atoms with Gasteiger partial charge in [-0.2, -0.15) is 0 Å². The van der Waals surface area contributed by atoms with E-state index in [2.05, 4.69) is 34.6 Å². The van der Waals surface area contributed by atoms with Gasteiger partial charge in [0.2, 0.25) is 11.8 Å². The van der Waals surface area contributed by atoms with Gasteiger partial charge >= 0.3 is 5.97 Å². The van der Waals surface area contributed by atoms with Crippen molar-refractivity contribution in [3.8, 4) is 0 Å². The van der Waals surface area contributed by atoms with Crippen LogP contribution in [0.15, 0.2) is 24.3 Å². The van der Waals surface area contributed by atoms with Crippen LogP contribution in [0.1, 0.15) is 60.8 Å². The first-order chi connectivity index (χ1) is 16.3. The molecule has 194 valence electrons. The molecule has 7 nitrogen and oxygen atoms in total. The highest BCUT2D eigenvalue weighted by molar-refractivity contribution is 8.02. The molecule has 1 spiro atoms. The number of carbonyl (C=O) groups excluding carboxylic acids is 3. The lowest BCUT2D eigenvalue weighted by atomic mass is 9.74. The molecule has 0 aliphatic carbocycles. The molecule has 0 aromatic heterocycles. The predicted octanol–water partition coefficient (Wildman–Crippen LogP) is 3.17. The number of rotatable bonds is 5. The van der Waals surface area contributed by atoms with Gasteiger partial charge in [-0.25, -0.2) is 0 Å². The van der Waals surface area contributed by atoms with Gasteiger partial charge in [-0.05, 0) is 45.4 Å². The van der Waals surface area contributed by atoms with Gasteiger partial charge in [0.15, 0.2) is 0 Å². The lowest BCUT2D eigenvalue weighted by Gasteiger charge is -2.44. The van der Waals surface area contributed by atoms with Crippen LogP contribution in [-0.4, -0.2) is 80.1 Å². The van der Waals surface area contributed by atoms with Gasteiger partial charge in [0.1, 0.15) is 6.04 Å². The number of aliphatic hydroxyl groups excluding tert-OH is 1. The minimum Gasteiger partial charge on any atom is -0.465 e. The zero-order valence-corrected chi connectivity index (χ0v) is 22.7. The summed E-state index contributed by atoms with van der Waals surface area (Å²) in [6, 6.07) is -0.735. The van der Waals surface area contributed by atoms with E-state index in [-0.39, 0.29) is 36.4 Å². The number of cyclic esters (lactones) is 1. The fourth-order valence-electron chi connectivity index (χ4n) is 6.91. The van der Waals surface area contributed by atoms with Gasteiger partial charge in [0.25, 0.3) is 0 Å². The minimum atomic E-state index is -0.872. The molecule has 4 rings (SSSR count). The molecule has 4 heterocycles. The summed E-state index contributed by atoms with van der Waals surface area (Å²) in [7, 11) is 0. The van der Waals surface area contributed by atoms with Crippen molar-refractivity contribution in [3.05, 3.63) is 24.3 Å². The van der Waals surface area contributed by atoms with Gasteiger partial charge in [-0.15, -0.1) is 11.8 Å². The molecule has 5 atom stereocenters. The van der Waals surface area contributed by atoms with E-state index in [1.165, 1.54) is 0 Å². The summed E-state index contributed by atoms with van der Waals surface area (Å²) in [5.74, 6) is -2.01. The molecule has 0 radical (unpaired) electrons. The first-order valence-corrected chi connectivity index (χ1v) is 13.5. The van der Waals surface area contributed by atoms with Crippen molar-refractivity contribution in [2.45, 2.75) is 81.9 Å². The maximum absolute atomic E-state index is 14.4. The Morgan fingerprint density at radius 2 is 1.80 bits per heavy atom. The summed E-state index contributed by atoms with van der Waals surface area (Å²) >= 11 is 1.56. The van der Waals surface area contributed by atoms with Crippen molar-refractivity contribution >= 4 is 29.5 Å². The van der Waals surface area contributed by atoms with Crippen molar-refractivity contribution in [2.24, 2.45) is 17.3 Å². The second kappa shape index (κ2) is 8.94. The Kier molecular flexibility index (Phi) is 6.71. The van der Waals surface area contributed by atoms with Crippen LogP contribution < -0.4 is 0 Å². The number of esters is 1. The van der Waals surface area contributed by atoms with E-state index in [0.29, 0.717) is 26.0 Å². The van der Waals surface area contributed by atoms with Crippen LogP contribution >= 0.6 is 11.8 Å². The van der Waals surface area contributed by atoms with E-state index in [0.717, 1.165) is 6.42 Å². The second-order valence-electron chi connectivity index (χ2n) is 12.4. The molecule has 2 saturated heterocycles. The second-order valence-corrected chi connectivity index (χ2v) is 14.2. The molecule has 4 aliphatic rings. The Labute approximate surface area is 213 Å². The molecule has 1 unspecified atom stereocenters. The number of hydrogen-bond acceptors (Lipinski definition) is 6. The zero-order chi connectivity index (χ0) is 25.8. The molecule has 0 saturated carbocycles. The van der Waals surface area contributed by atoms with Crippen molar-refractivity contribution in [3.63, 3.8) is 0 Å². The van der Waals surface area contributed by atoms with Crippen LogP contribution in [0.3, 0.4) is 0 Å². The number of nitrogens with zero attached hydrogens (tertiary/aromatic N) is 2. The third-order valence-electron chi connectivity index (χ3n) is 7.77. The summed E-state index contributed by atoms with van der Waals surface area (Å²) in [5, 5.41) is 9.54. The summed E-state index contributed by atoms with van der Waals surface area (Å²) in [4.78, 5) is 45.3. The predicted molar refractivity (Wildman–Crippen MR) is 137 cm³/mol. The van der Waals surface area contributed by atoms with Crippen LogP contribution in [0.4, 0.5) is 0 Å². The van der Waals surface area contributed by atoms with Gasteiger partial charge in [-0.3, -0.25) is 14.4 Å². The van der Waals surface area contributed by atoms with Gasteiger partial charge in [0, 0.05) is 30.0 Å². The number of fused-ring (bicyclic) bond motifs is 2. The van der Waals surface area contributed by atoms with E-state index >= 15 is 0 Å². The number of ether oxygens (including phenoxy) is 1. The fraction of sp³-hybridized carbons (Fsp3) is 0.741. The third-order valence-corrected chi connectivity index (χ3v) is 9.57. The topological polar surface area (TPSA) is 87.2 Å². The Bertz CT molecular complexity index is 954. The standard InChI is InChI=1S/C27H40N2O5S/c1-24(2,3)17-25(4,5)29-14-9-12-27-18(21(31)28(13-10-15-30)20(27)22(29)32)19-23(33)34-16-8-7-11-26(19,6)35-27/h7,9,11-12,18-20,30H,8,10,13-17H2,1-6H3/t18-,19+,20?,26-,27-/m0/s1. The average molecular weight is 505 g/mol. The van der Waals surface area contributed by atoms with Crippen molar-refractivity contribution in [2.75, 3.05) is 26.3 Å². The van der Waals surface area contributed by atoms with Crippen molar-refractivity contribution < 1.29 is 24.2 Å². The highest BCUT2D eigenvalue weighted by Crippen LogP contribution is 2.65. The summed E-state index contributed by atoms with van der Waals surface area (Å²) in [6.45, 7) is 13.6. The lowest BCUT2D eigenvalue weighted by Crippen LogP contribution is -2.58. The van der Waals surface area contributed by atoms with E-state index in [1.54, 1.807) is 16.7 Å². The van der Waals surface area contributed by atoms with Crippen molar-refractivity contribution in [1.82, 2.24) is 9.80 Å². The first-order valence-electron chi connectivity index (χ1n) is 12.7. The highest BCUT2D eigenvalue weighted by Gasteiger charge is 2.74. The Hall–Kier alpha value is -1.80. The van der Waals surface area contributed by atoms with Gasteiger partial charge in [-0.1, -0.05) is 45.1 Å². The average Bonchev–Trinajstić information content (AvgIpc) is 3.03. The Morgan fingerprint density at radius 1 is 1.09 bits per heavy atom. The smallest absolute Gasteiger partial charge is 0.311 e. The number of carbonyl (C=O) groups is 3. The van der Waals surface area contributed by atoms with Crippen LogP contribution in [0, 0.1) is 17.3 Å².